The second-order valence-electron chi connectivity index (χ2n) is 8.01. The minimum absolute atomic E-state index is 0.166. The van der Waals surface area contributed by atoms with Gasteiger partial charge >= 0.3 is 0 Å². The predicted molar refractivity (Wildman–Crippen MR) is 91.3 cm³/mol. The van der Waals surface area contributed by atoms with E-state index in [2.05, 4.69) is 33.0 Å². The van der Waals surface area contributed by atoms with Crippen LogP contribution in [-0.2, 0) is 9.84 Å². The fourth-order valence-electron chi connectivity index (χ4n) is 3.46. The van der Waals surface area contributed by atoms with E-state index in [1.165, 1.54) is 31.9 Å². The van der Waals surface area contributed by atoms with Gasteiger partial charge in [0.25, 0.3) is 0 Å². The second-order valence-corrected chi connectivity index (χ2v) is 10.3. The van der Waals surface area contributed by atoms with Gasteiger partial charge in [0.2, 0.25) is 0 Å². The maximum absolute atomic E-state index is 11.3. The summed E-state index contributed by atoms with van der Waals surface area (Å²) in [6.07, 6.45) is 8.44. The van der Waals surface area contributed by atoms with Gasteiger partial charge in [0, 0.05) is 17.5 Å². The first-order valence-electron chi connectivity index (χ1n) is 8.53. The Morgan fingerprint density at radius 1 is 1.14 bits per heavy atom. The number of rotatable bonds is 7. The number of hydrogen-bond donors (Lipinski definition) is 1. The van der Waals surface area contributed by atoms with Crippen LogP contribution in [0, 0.1) is 17.8 Å². The third-order valence-corrected chi connectivity index (χ3v) is 5.84. The molecule has 4 heteroatoms. The molecule has 0 heterocycles. The Morgan fingerprint density at radius 2 is 1.81 bits per heavy atom. The standard InChI is InChI=1S/C17H35NO2S/c1-6-14-9-10-16(13-18-17(2,3)4)15(12-14)8-7-11-21(5,19)20/h14-16,18H,6-13H2,1-5H3. The molecule has 1 aliphatic carbocycles. The molecule has 1 saturated carbocycles. The highest BCUT2D eigenvalue weighted by Gasteiger charge is 2.30. The zero-order valence-electron chi connectivity index (χ0n) is 14.6. The van der Waals surface area contributed by atoms with Crippen LogP contribution in [0.3, 0.4) is 0 Å². The first-order valence-corrected chi connectivity index (χ1v) is 10.6. The largest absolute Gasteiger partial charge is 0.312 e. The lowest BCUT2D eigenvalue weighted by atomic mass is 9.71. The van der Waals surface area contributed by atoms with Crippen molar-refractivity contribution in [1.29, 1.82) is 0 Å². The van der Waals surface area contributed by atoms with E-state index in [1.807, 2.05) is 0 Å². The highest BCUT2D eigenvalue weighted by molar-refractivity contribution is 7.90. The van der Waals surface area contributed by atoms with Gasteiger partial charge in [0.1, 0.15) is 9.84 Å². The Hall–Kier alpha value is -0.0900. The van der Waals surface area contributed by atoms with Gasteiger partial charge in [-0.1, -0.05) is 19.8 Å². The van der Waals surface area contributed by atoms with Crippen LogP contribution in [0.25, 0.3) is 0 Å². The van der Waals surface area contributed by atoms with Crippen LogP contribution < -0.4 is 5.32 Å². The number of hydrogen-bond acceptors (Lipinski definition) is 3. The van der Waals surface area contributed by atoms with Crippen LogP contribution in [0.1, 0.15) is 66.2 Å². The molecular formula is C17H35NO2S. The van der Waals surface area contributed by atoms with E-state index >= 15 is 0 Å². The molecule has 3 unspecified atom stereocenters. The summed E-state index contributed by atoms with van der Waals surface area (Å²) in [5, 5.41) is 3.64. The van der Waals surface area contributed by atoms with Crippen LogP contribution in [0.15, 0.2) is 0 Å². The predicted octanol–water partition coefficient (Wildman–Crippen LogP) is 3.64. The molecule has 0 aliphatic heterocycles. The Kier molecular flexibility index (Phi) is 7.18. The average Bonchev–Trinajstić information content (AvgIpc) is 2.34. The first-order chi connectivity index (χ1) is 9.61. The van der Waals surface area contributed by atoms with Gasteiger partial charge in [-0.05, 0) is 70.8 Å². The summed E-state index contributed by atoms with van der Waals surface area (Å²) in [5.74, 6) is 2.60. The summed E-state index contributed by atoms with van der Waals surface area (Å²) in [5.41, 5.74) is 0.166. The van der Waals surface area contributed by atoms with Gasteiger partial charge in [0.05, 0.1) is 0 Å². The normalized spacial score (nSPS) is 27.8. The molecule has 21 heavy (non-hydrogen) atoms. The van der Waals surface area contributed by atoms with Gasteiger partial charge in [-0.2, -0.15) is 0 Å². The Bertz CT molecular complexity index is 398. The van der Waals surface area contributed by atoms with E-state index in [-0.39, 0.29) is 5.54 Å². The summed E-state index contributed by atoms with van der Waals surface area (Å²) in [4.78, 5) is 0. The molecule has 0 amide bonds. The molecule has 0 aromatic heterocycles. The molecule has 3 nitrogen and oxygen atoms in total. The number of nitrogens with one attached hydrogen (secondary N) is 1. The van der Waals surface area contributed by atoms with Crippen molar-refractivity contribution in [2.45, 2.75) is 71.8 Å². The zero-order chi connectivity index (χ0) is 16.1. The third-order valence-electron chi connectivity index (χ3n) is 4.81. The smallest absolute Gasteiger partial charge is 0.147 e. The Morgan fingerprint density at radius 3 is 2.33 bits per heavy atom. The van der Waals surface area contributed by atoms with E-state index in [9.17, 15) is 8.42 Å². The molecule has 0 radical (unpaired) electrons. The van der Waals surface area contributed by atoms with E-state index < -0.39 is 9.84 Å². The van der Waals surface area contributed by atoms with Crippen LogP contribution >= 0.6 is 0 Å². The van der Waals surface area contributed by atoms with Crippen molar-refractivity contribution in [3.8, 4) is 0 Å². The Labute approximate surface area is 132 Å². The van der Waals surface area contributed by atoms with E-state index in [0.717, 1.165) is 25.3 Å². The fourth-order valence-corrected chi connectivity index (χ4v) is 4.15. The molecule has 1 rings (SSSR count). The molecule has 1 N–H and O–H groups in total. The van der Waals surface area contributed by atoms with Crippen molar-refractivity contribution in [1.82, 2.24) is 5.32 Å². The second kappa shape index (κ2) is 7.96. The van der Waals surface area contributed by atoms with Crippen LogP contribution in [0.2, 0.25) is 0 Å². The van der Waals surface area contributed by atoms with Crippen LogP contribution in [-0.4, -0.2) is 32.5 Å². The van der Waals surface area contributed by atoms with Crippen molar-refractivity contribution in [2.24, 2.45) is 17.8 Å². The summed E-state index contributed by atoms with van der Waals surface area (Å²) in [6.45, 7) is 9.99. The van der Waals surface area contributed by atoms with Gasteiger partial charge in [-0.3, -0.25) is 0 Å². The molecule has 3 atom stereocenters. The Balaban J connectivity index is 2.53. The maximum Gasteiger partial charge on any atom is 0.147 e. The maximum atomic E-state index is 11.3. The summed E-state index contributed by atoms with van der Waals surface area (Å²) in [7, 11) is -2.81. The highest BCUT2D eigenvalue weighted by atomic mass is 32.2. The van der Waals surface area contributed by atoms with E-state index in [4.69, 9.17) is 0 Å². The molecule has 0 aromatic carbocycles. The summed E-state index contributed by atoms with van der Waals surface area (Å²) >= 11 is 0. The molecule has 126 valence electrons. The van der Waals surface area contributed by atoms with Crippen molar-refractivity contribution < 1.29 is 8.42 Å². The molecule has 0 aromatic rings. The first kappa shape index (κ1) is 19.0. The van der Waals surface area contributed by atoms with Gasteiger partial charge in [-0.25, -0.2) is 8.42 Å². The van der Waals surface area contributed by atoms with E-state index in [0.29, 0.717) is 17.6 Å². The van der Waals surface area contributed by atoms with Gasteiger partial charge < -0.3 is 5.32 Å². The molecule has 0 bridgehead atoms. The van der Waals surface area contributed by atoms with Gasteiger partial charge in [0.15, 0.2) is 0 Å². The van der Waals surface area contributed by atoms with Crippen molar-refractivity contribution >= 4 is 9.84 Å². The molecule has 0 spiro atoms. The lowest BCUT2D eigenvalue weighted by Crippen LogP contribution is -2.42. The third kappa shape index (κ3) is 8.20. The molecular weight excluding hydrogens is 282 g/mol. The highest BCUT2D eigenvalue weighted by Crippen LogP contribution is 2.38. The molecule has 0 saturated heterocycles. The molecule has 1 fully saturated rings. The molecule has 1 aliphatic rings. The van der Waals surface area contributed by atoms with Gasteiger partial charge in [-0.15, -0.1) is 0 Å². The van der Waals surface area contributed by atoms with Crippen molar-refractivity contribution in [3.05, 3.63) is 0 Å². The summed E-state index contributed by atoms with van der Waals surface area (Å²) in [6, 6.07) is 0. The lowest BCUT2D eigenvalue weighted by molar-refractivity contribution is 0.154. The zero-order valence-corrected chi connectivity index (χ0v) is 15.4. The van der Waals surface area contributed by atoms with Crippen molar-refractivity contribution in [3.63, 3.8) is 0 Å². The SMILES string of the molecule is CCC1CCC(CNC(C)(C)C)C(CCCS(C)(=O)=O)C1. The quantitative estimate of drug-likeness (QED) is 0.780. The monoisotopic (exact) mass is 317 g/mol. The van der Waals surface area contributed by atoms with Crippen LogP contribution in [0.4, 0.5) is 0 Å². The average molecular weight is 318 g/mol. The van der Waals surface area contributed by atoms with E-state index in [1.54, 1.807) is 0 Å². The lowest BCUT2D eigenvalue weighted by Gasteiger charge is -2.38. The topological polar surface area (TPSA) is 46.2 Å². The fraction of sp³-hybridized carbons (Fsp3) is 1.00. The van der Waals surface area contributed by atoms with Crippen LogP contribution in [0.5, 0.6) is 0 Å². The summed E-state index contributed by atoms with van der Waals surface area (Å²) < 4.78 is 22.6. The minimum Gasteiger partial charge on any atom is -0.312 e. The number of sulfone groups is 1. The minimum atomic E-state index is -2.81. The van der Waals surface area contributed by atoms with Crippen molar-refractivity contribution in [2.75, 3.05) is 18.6 Å².